The molecular weight excluding hydrogens is 252 g/mol. The molecule has 2 heterocycles. The quantitative estimate of drug-likeness (QED) is 0.730. The standard InChI is InChI=1S/C16H22N2O2/c1-16(2,3)20-15(19)18-9-11-7-12-5-4-6-17-14(12)13(8-11)10-18/h4-6,11,13H,7-10H2,1-3H3. The summed E-state index contributed by atoms with van der Waals surface area (Å²) in [6.07, 6.45) is 3.83. The van der Waals surface area contributed by atoms with Crippen LogP contribution < -0.4 is 0 Å². The molecule has 2 bridgehead atoms. The molecule has 1 amide bonds. The molecule has 0 spiro atoms. The molecule has 4 nitrogen and oxygen atoms in total. The Bertz CT molecular complexity index is 521. The normalized spacial score (nSPS) is 25.1. The number of amides is 1. The number of aromatic nitrogens is 1. The molecule has 1 saturated heterocycles. The van der Waals surface area contributed by atoms with Gasteiger partial charge < -0.3 is 9.64 Å². The summed E-state index contributed by atoms with van der Waals surface area (Å²) in [4.78, 5) is 18.6. The molecule has 2 atom stereocenters. The molecule has 2 unspecified atom stereocenters. The number of nitrogens with zero attached hydrogens (tertiary/aromatic N) is 2. The predicted octanol–water partition coefficient (Wildman–Crippen LogP) is 2.98. The Morgan fingerprint density at radius 1 is 1.40 bits per heavy atom. The molecule has 1 aromatic rings. The van der Waals surface area contributed by atoms with Crippen LogP contribution in [-0.4, -0.2) is 34.7 Å². The van der Waals surface area contributed by atoms with Gasteiger partial charge in [0.2, 0.25) is 0 Å². The van der Waals surface area contributed by atoms with E-state index in [1.807, 2.05) is 37.9 Å². The molecule has 1 aliphatic carbocycles. The molecule has 108 valence electrons. The molecule has 1 aromatic heterocycles. The molecule has 0 radical (unpaired) electrons. The lowest BCUT2D eigenvalue weighted by Gasteiger charge is -2.41. The van der Waals surface area contributed by atoms with Crippen LogP contribution in [0, 0.1) is 5.92 Å². The van der Waals surface area contributed by atoms with Gasteiger partial charge in [-0.05, 0) is 51.2 Å². The summed E-state index contributed by atoms with van der Waals surface area (Å²) in [6, 6.07) is 4.18. The second-order valence-electron chi connectivity index (χ2n) is 6.94. The lowest BCUT2D eigenvalue weighted by Crippen LogP contribution is -2.47. The maximum atomic E-state index is 12.2. The van der Waals surface area contributed by atoms with E-state index in [1.54, 1.807) is 0 Å². The van der Waals surface area contributed by atoms with E-state index in [1.165, 1.54) is 11.3 Å². The fourth-order valence-corrected chi connectivity index (χ4v) is 3.33. The first-order valence-corrected chi connectivity index (χ1v) is 7.34. The number of hydrogen-bond acceptors (Lipinski definition) is 3. The van der Waals surface area contributed by atoms with Gasteiger partial charge in [0.05, 0.1) is 0 Å². The minimum absolute atomic E-state index is 0.188. The smallest absolute Gasteiger partial charge is 0.410 e. The number of carbonyl (C=O) groups is 1. The fraction of sp³-hybridized carbons (Fsp3) is 0.625. The zero-order chi connectivity index (χ0) is 14.3. The Labute approximate surface area is 120 Å². The van der Waals surface area contributed by atoms with Crippen molar-refractivity contribution in [2.24, 2.45) is 5.92 Å². The first-order chi connectivity index (χ1) is 9.42. The largest absolute Gasteiger partial charge is 0.444 e. The molecule has 0 N–H and O–H groups in total. The summed E-state index contributed by atoms with van der Waals surface area (Å²) in [6.45, 7) is 7.26. The van der Waals surface area contributed by atoms with Crippen LogP contribution in [0.25, 0.3) is 0 Å². The third-order valence-corrected chi connectivity index (χ3v) is 4.01. The maximum Gasteiger partial charge on any atom is 0.410 e. The van der Waals surface area contributed by atoms with Crippen molar-refractivity contribution in [2.45, 2.75) is 45.1 Å². The van der Waals surface area contributed by atoms with E-state index >= 15 is 0 Å². The van der Waals surface area contributed by atoms with E-state index in [4.69, 9.17) is 4.74 Å². The van der Waals surface area contributed by atoms with Gasteiger partial charge in [0.25, 0.3) is 0 Å². The highest BCUT2D eigenvalue weighted by Gasteiger charge is 2.37. The van der Waals surface area contributed by atoms with Crippen molar-refractivity contribution < 1.29 is 9.53 Å². The van der Waals surface area contributed by atoms with Gasteiger partial charge in [0.1, 0.15) is 5.60 Å². The zero-order valence-electron chi connectivity index (χ0n) is 12.4. The molecule has 2 aliphatic rings. The summed E-state index contributed by atoms with van der Waals surface area (Å²) in [5.74, 6) is 0.907. The Hall–Kier alpha value is -1.58. The number of pyridine rings is 1. The summed E-state index contributed by atoms with van der Waals surface area (Å²) in [5.41, 5.74) is 2.11. The molecular formula is C16H22N2O2. The van der Waals surface area contributed by atoms with Gasteiger partial charge in [0, 0.05) is 30.9 Å². The molecule has 3 rings (SSSR count). The predicted molar refractivity (Wildman–Crippen MR) is 76.6 cm³/mol. The lowest BCUT2D eigenvalue weighted by atomic mass is 9.76. The van der Waals surface area contributed by atoms with E-state index in [-0.39, 0.29) is 6.09 Å². The van der Waals surface area contributed by atoms with Crippen LogP contribution >= 0.6 is 0 Å². The van der Waals surface area contributed by atoms with Gasteiger partial charge in [-0.1, -0.05) is 6.07 Å². The number of hydrogen-bond donors (Lipinski definition) is 0. The monoisotopic (exact) mass is 274 g/mol. The Morgan fingerprint density at radius 3 is 2.95 bits per heavy atom. The molecule has 0 aromatic carbocycles. The highest BCUT2D eigenvalue weighted by Crippen LogP contribution is 2.38. The van der Waals surface area contributed by atoms with Crippen molar-refractivity contribution in [3.8, 4) is 0 Å². The topological polar surface area (TPSA) is 42.4 Å². The van der Waals surface area contributed by atoms with Crippen LogP contribution in [0.15, 0.2) is 18.3 Å². The summed E-state index contributed by atoms with van der Waals surface area (Å²) in [5, 5.41) is 0. The maximum absolute atomic E-state index is 12.2. The number of fused-ring (bicyclic) bond motifs is 4. The van der Waals surface area contributed by atoms with Crippen molar-refractivity contribution in [3.63, 3.8) is 0 Å². The third-order valence-electron chi connectivity index (χ3n) is 4.01. The SMILES string of the molecule is CC(C)(C)OC(=O)N1CC2Cc3cccnc3C(C2)C1. The molecule has 4 heteroatoms. The summed E-state index contributed by atoms with van der Waals surface area (Å²) >= 11 is 0. The van der Waals surface area contributed by atoms with Gasteiger partial charge >= 0.3 is 6.09 Å². The Balaban J connectivity index is 1.77. The van der Waals surface area contributed by atoms with E-state index in [0.717, 1.165) is 25.9 Å². The van der Waals surface area contributed by atoms with E-state index in [2.05, 4.69) is 11.1 Å². The van der Waals surface area contributed by atoms with Crippen LogP contribution in [-0.2, 0) is 11.2 Å². The van der Waals surface area contributed by atoms with Crippen LogP contribution in [0.5, 0.6) is 0 Å². The van der Waals surface area contributed by atoms with Crippen molar-refractivity contribution in [2.75, 3.05) is 13.1 Å². The van der Waals surface area contributed by atoms with E-state index in [0.29, 0.717) is 11.8 Å². The first kappa shape index (κ1) is 13.4. The minimum atomic E-state index is -0.431. The average Bonchev–Trinajstić information content (AvgIpc) is 2.36. The Morgan fingerprint density at radius 2 is 2.20 bits per heavy atom. The number of ether oxygens (including phenoxy) is 1. The van der Waals surface area contributed by atoms with Crippen molar-refractivity contribution in [1.82, 2.24) is 9.88 Å². The third kappa shape index (κ3) is 2.65. The highest BCUT2D eigenvalue weighted by atomic mass is 16.6. The van der Waals surface area contributed by atoms with Gasteiger partial charge in [-0.15, -0.1) is 0 Å². The van der Waals surface area contributed by atoms with Gasteiger partial charge in [0.15, 0.2) is 0 Å². The average molecular weight is 274 g/mol. The summed E-state index contributed by atoms with van der Waals surface area (Å²) in [7, 11) is 0. The van der Waals surface area contributed by atoms with Crippen molar-refractivity contribution in [3.05, 3.63) is 29.6 Å². The summed E-state index contributed by atoms with van der Waals surface area (Å²) < 4.78 is 5.50. The number of carbonyl (C=O) groups excluding carboxylic acids is 1. The van der Waals surface area contributed by atoms with Gasteiger partial charge in [-0.2, -0.15) is 0 Å². The first-order valence-electron chi connectivity index (χ1n) is 7.34. The minimum Gasteiger partial charge on any atom is -0.444 e. The highest BCUT2D eigenvalue weighted by molar-refractivity contribution is 5.68. The van der Waals surface area contributed by atoms with Crippen LogP contribution in [0.4, 0.5) is 4.79 Å². The molecule has 20 heavy (non-hydrogen) atoms. The number of piperidine rings is 1. The molecule has 0 saturated carbocycles. The van der Waals surface area contributed by atoms with Crippen LogP contribution in [0.2, 0.25) is 0 Å². The molecule has 1 aliphatic heterocycles. The van der Waals surface area contributed by atoms with Crippen LogP contribution in [0.1, 0.15) is 44.4 Å². The van der Waals surface area contributed by atoms with E-state index in [9.17, 15) is 4.79 Å². The number of rotatable bonds is 0. The Kier molecular flexibility index (Phi) is 3.19. The van der Waals surface area contributed by atoms with Crippen molar-refractivity contribution in [1.29, 1.82) is 0 Å². The number of likely N-dealkylation sites (tertiary alicyclic amines) is 1. The fourth-order valence-electron chi connectivity index (χ4n) is 3.33. The van der Waals surface area contributed by atoms with Crippen molar-refractivity contribution >= 4 is 6.09 Å². The van der Waals surface area contributed by atoms with Gasteiger partial charge in [-0.25, -0.2) is 4.79 Å². The zero-order valence-corrected chi connectivity index (χ0v) is 12.4. The molecule has 1 fully saturated rings. The lowest BCUT2D eigenvalue weighted by molar-refractivity contribution is 0.0128. The van der Waals surface area contributed by atoms with Crippen LogP contribution in [0.3, 0.4) is 0 Å². The van der Waals surface area contributed by atoms with Gasteiger partial charge in [-0.3, -0.25) is 4.98 Å². The second kappa shape index (κ2) is 4.76. The second-order valence-corrected chi connectivity index (χ2v) is 6.94. The van der Waals surface area contributed by atoms with E-state index < -0.39 is 5.60 Å².